The molecule has 0 unspecified atom stereocenters. The van der Waals surface area contributed by atoms with Crippen LogP contribution in [0.15, 0.2) is 18.2 Å². The lowest BCUT2D eigenvalue weighted by Crippen LogP contribution is -2.44. The van der Waals surface area contributed by atoms with E-state index in [1.165, 1.54) is 0 Å². The molecule has 0 atom stereocenters. The maximum absolute atomic E-state index is 11.7. The molecule has 0 saturated carbocycles. The SMILES string of the molecule is CCOC(=O)N1CCC(NCc2nc3ccc(OC)cc3s2)CC1. The first-order valence-electron chi connectivity index (χ1n) is 8.28. The van der Waals surface area contributed by atoms with Crippen molar-refractivity contribution in [3.63, 3.8) is 0 Å². The summed E-state index contributed by atoms with van der Waals surface area (Å²) in [4.78, 5) is 18.1. The van der Waals surface area contributed by atoms with Gasteiger partial charge in [0.05, 0.1) is 23.9 Å². The van der Waals surface area contributed by atoms with Crippen molar-refractivity contribution >= 4 is 27.6 Å². The van der Waals surface area contributed by atoms with Crippen molar-refractivity contribution < 1.29 is 14.3 Å². The summed E-state index contributed by atoms with van der Waals surface area (Å²) >= 11 is 1.69. The number of fused-ring (bicyclic) bond motifs is 1. The standard InChI is InChI=1S/C17H23N3O3S/c1-3-23-17(21)20-8-6-12(7-9-20)18-11-16-19-14-5-4-13(22-2)10-15(14)24-16/h4-5,10,12,18H,3,6-9,11H2,1-2H3. The number of thiazole rings is 1. The first kappa shape index (κ1) is 17.0. The molecule has 3 rings (SSSR count). The van der Waals surface area contributed by atoms with Crippen LogP contribution in [0, 0.1) is 0 Å². The number of hydrogen-bond donors (Lipinski definition) is 1. The monoisotopic (exact) mass is 349 g/mol. The van der Waals surface area contributed by atoms with E-state index >= 15 is 0 Å². The number of aromatic nitrogens is 1. The zero-order valence-electron chi connectivity index (χ0n) is 14.1. The van der Waals surface area contributed by atoms with Crippen LogP contribution in [0.5, 0.6) is 5.75 Å². The molecule has 6 nitrogen and oxygen atoms in total. The average Bonchev–Trinajstić information content (AvgIpc) is 3.02. The van der Waals surface area contributed by atoms with Crippen molar-refractivity contribution in [2.45, 2.75) is 32.4 Å². The van der Waals surface area contributed by atoms with Gasteiger partial charge in [-0.1, -0.05) is 0 Å². The summed E-state index contributed by atoms with van der Waals surface area (Å²) in [5.74, 6) is 0.858. The van der Waals surface area contributed by atoms with E-state index in [2.05, 4.69) is 10.3 Å². The number of carbonyl (C=O) groups is 1. The summed E-state index contributed by atoms with van der Waals surface area (Å²) in [7, 11) is 1.67. The van der Waals surface area contributed by atoms with Crippen LogP contribution >= 0.6 is 11.3 Å². The highest BCUT2D eigenvalue weighted by molar-refractivity contribution is 7.18. The Hall–Kier alpha value is -1.86. The van der Waals surface area contributed by atoms with Gasteiger partial charge in [-0.05, 0) is 38.0 Å². The Balaban J connectivity index is 1.51. The first-order valence-corrected chi connectivity index (χ1v) is 9.09. The number of carbonyl (C=O) groups excluding carboxylic acids is 1. The highest BCUT2D eigenvalue weighted by Gasteiger charge is 2.23. The largest absolute Gasteiger partial charge is 0.497 e. The van der Waals surface area contributed by atoms with Crippen LogP contribution < -0.4 is 10.1 Å². The van der Waals surface area contributed by atoms with Crippen molar-refractivity contribution in [2.24, 2.45) is 0 Å². The van der Waals surface area contributed by atoms with Gasteiger partial charge in [0.25, 0.3) is 0 Å². The molecule has 1 aliphatic rings. The van der Waals surface area contributed by atoms with Crippen LogP contribution in [0.3, 0.4) is 0 Å². The number of benzene rings is 1. The molecule has 1 amide bonds. The molecule has 130 valence electrons. The lowest BCUT2D eigenvalue weighted by atomic mass is 10.1. The second-order valence-corrected chi connectivity index (χ2v) is 6.90. The van der Waals surface area contributed by atoms with Gasteiger partial charge in [0, 0.05) is 25.7 Å². The molecule has 1 saturated heterocycles. The fourth-order valence-electron chi connectivity index (χ4n) is 2.87. The van der Waals surface area contributed by atoms with Crippen LogP contribution in [-0.4, -0.2) is 48.8 Å². The van der Waals surface area contributed by atoms with Crippen LogP contribution in [-0.2, 0) is 11.3 Å². The highest BCUT2D eigenvalue weighted by Crippen LogP contribution is 2.26. The van der Waals surface area contributed by atoms with E-state index in [0.717, 1.165) is 53.4 Å². The number of amides is 1. The predicted octanol–water partition coefficient (Wildman–Crippen LogP) is 3.02. The summed E-state index contributed by atoms with van der Waals surface area (Å²) in [6, 6.07) is 6.36. The van der Waals surface area contributed by atoms with Gasteiger partial charge in [-0.2, -0.15) is 0 Å². The predicted molar refractivity (Wildman–Crippen MR) is 94.6 cm³/mol. The minimum Gasteiger partial charge on any atom is -0.497 e. The number of likely N-dealkylation sites (tertiary alicyclic amines) is 1. The van der Waals surface area contributed by atoms with Crippen LogP contribution in [0.4, 0.5) is 4.79 Å². The molecule has 24 heavy (non-hydrogen) atoms. The van der Waals surface area contributed by atoms with Crippen molar-refractivity contribution in [3.8, 4) is 5.75 Å². The topological polar surface area (TPSA) is 63.7 Å². The van der Waals surface area contributed by atoms with E-state index in [4.69, 9.17) is 9.47 Å². The van der Waals surface area contributed by atoms with Crippen molar-refractivity contribution in [1.29, 1.82) is 0 Å². The van der Waals surface area contributed by atoms with Gasteiger partial charge in [0.1, 0.15) is 10.8 Å². The van der Waals surface area contributed by atoms with E-state index in [1.54, 1.807) is 23.3 Å². The van der Waals surface area contributed by atoms with Crippen molar-refractivity contribution in [2.75, 3.05) is 26.8 Å². The third-order valence-corrected chi connectivity index (χ3v) is 5.22. The molecular weight excluding hydrogens is 326 g/mol. The molecular formula is C17H23N3O3S. The van der Waals surface area contributed by atoms with Crippen LogP contribution in [0.25, 0.3) is 10.2 Å². The van der Waals surface area contributed by atoms with E-state index in [-0.39, 0.29) is 6.09 Å². The maximum atomic E-state index is 11.7. The molecule has 1 fully saturated rings. The molecule has 1 aromatic carbocycles. The minimum absolute atomic E-state index is 0.198. The van der Waals surface area contributed by atoms with Crippen LogP contribution in [0.1, 0.15) is 24.8 Å². The van der Waals surface area contributed by atoms with Gasteiger partial charge in [-0.3, -0.25) is 0 Å². The Morgan fingerprint density at radius 3 is 2.92 bits per heavy atom. The zero-order chi connectivity index (χ0) is 16.9. The van der Waals surface area contributed by atoms with Gasteiger partial charge < -0.3 is 19.7 Å². The third kappa shape index (κ3) is 3.96. The van der Waals surface area contributed by atoms with Gasteiger partial charge >= 0.3 is 6.09 Å². The normalized spacial score (nSPS) is 15.7. The lowest BCUT2D eigenvalue weighted by molar-refractivity contribution is 0.0950. The molecule has 1 N–H and O–H groups in total. The van der Waals surface area contributed by atoms with Gasteiger partial charge in [-0.25, -0.2) is 9.78 Å². The van der Waals surface area contributed by atoms with Gasteiger partial charge in [0.15, 0.2) is 0 Å². The van der Waals surface area contributed by atoms with E-state index < -0.39 is 0 Å². The maximum Gasteiger partial charge on any atom is 0.409 e. The van der Waals surface area contributed by atoms with Gasteiger partial charge in [0.2, 0.25) is 0 Å². The molecule has 2 heterocycles. The summed E-state index contributed by atoms with van der Waals surface area (Å²) < 4.78 is 11.4. The zero-order valence-corrected chi connectivity index (χ0v) is 14.9. The molecule has 0 bridgehead atoms. The van der Waals surface area contributed by atoms with Crippen molar-refractivity contribution in [1.82, 2.24) is 15.2 Å². The molecule has 7 heteroatoms. The summed E-state index contributed by atoms with van der Waals surface area (Å²) in [5, 5.41) is 4.63. The second-order valence-electron chi connectivity index (χ2n) is 5.78. The lowest BCUT2D eigenvalue weighted by Gasteiger charge is -2.31. The third-order valence-electron chi connectivity index (χ3n) is 4.20. The number of nitrogens with zero attached hydrogens (tertiary/aromatic N) is 2. The fourth-order valence-corrected chi connectivity index (χ4v) is 3.81. The number of nitrogens with one attached hydrogen (secondary N) is 1. The Labute approximate surface area is 145 Å². The average molecular weight is 349 g/mol. The Bertz CT molecular complexity index is 695. The quantitative estimate of drug-likeness (QED) is 0.899. The smallest absolute Gasteiger partial charge is 0.409 e. The molecule has 0 aliphatic carbocycles. The number of piperidine rings is 1. The number of ether oxygens (including phenoxy) is 2. The molecule has 1 aromatic heterocycles. The number of methoxy groups -OCH3 is 1. The number of hydrogen-bond acceptors (Lipinski definition) is 6. The van der Waals surface area contributed by atoms with E-state index in [1.807, 2.05) is 25.1 Å². The Morgan fingerprint density at radius 1 is 1.42 bits per heavy atom. The Kier molecular flexibility index (Phi) is 5.52. The molecule has 1 aliphatic heterocycles. The molecule has 2 aromatic rings. The highest BCUT2D eigenvalue weighted by atomic mass is 32.1. The number of rotatable bonds is 5. The summed E-state index contributed by atoms with van der Waals surface area (Å²) in [6.45, 7) is 4.51. The van der Waals surface area contributed by atoms with Crippen LogP contribution in [0.2, 0.25) is 0 Å². The first-order chi connectivity index (χ1) is 11.7. The molecule has 0 radical (unpaired) electrons. The van der Waals surface area contributed by atoms with Gasteiger partial charge in [-0.15, -0.1) is 11.3 Å². The van der Waals surface area contributed by atoms with E-state index in [9.17, 15) is 4.79 Å². The minimum atomic E-state index is -0.198. The van der Waals surface area contributed by atoms with Crippen molar-refractivity contribution in [3.05, 3.63) is 23.2 Å². The summed E-state index contributed by atoms with van der Waals surface area (Å²) in [5.41, 5.74) is 1.01. The summed E-state index contributed by atoms with van der Waals surface area (Å²) in [6.07, 6.45) is 1.69. The Morgan fingerprint density at radius 2 is 2.21 bits per heavy atom. The van der Waals surface area contributed by atoms with E-state index in [0.29, 0.717) is 12.6 Å². The molecule has 0 spiro atoms. The fraction of sp³-hybridized carbons (Fsp3) is 0.529. The second kappa shape index (κ2) is 7.81.